The number of fused-ring (bicyclic) bond motifs is 1. The van der Waals surface area contributed by atoms with Crippen molar-refractivity contribution in [1.29, 1.82) is 0 Å². The lowest BCUT2D eigenvalue weighted by Crippen LogP contribution is -2.26. The second kappa shape index (κ2) is 6.65. The second-order valence-electron chi connectivity index (χ2n) is 7.31. The fraction of sp³-hybridized carbons (Fsp3) is 0.250. The third-order valence-electron chi connectivity index (χ3n) is 4.36. The molecule has 0 spiro atoms. The number of ether oxygens (including phenoxy) is 1. The van der Waals surface area contributed by atoms with Gasteiger partial charge in [-0.2, -0.15) is 5.10 Å². The monoisotopic (exact) mass is 378 g/mol. The predicted molar refractivity (Wildman–Crippen MR) is 107 cm³/mol. The lowest BCUT2D eigenvalue weighted by molar-refractivity contribution is 0.0577. The van der Waals surface area contributed by atoms with E-state index in [2.05, 4.69) is 15.1 Å². The zero-order valence-corrected chi connectivity index (χ0v) is 16.0. The fourth-order valence-corrected chi connectivity index (χ4v) is 3.16. The van der Waals surface area contributed by atoms with Gasteiger partial charge in [0, 0.05) is 29.6 Å². The minimum Gasteiger partial charge on any atom is -0.496 e. The fourth-order valence-electron chi connectivity index (χ4n) is 3.16. The van der Waals surface area contributed by atoms with Crippen LogP contribution in [0, 0.1) is 0 Å². The highest BCUT2D eigenvalue weighted by Crippen LogP contribution is 2.33. The number of aromatic nitrogens is 5. The Morgan fingerprint density at radius 1 is 1.21 bits per heavy atom. The molecule has 0 saturated carbocycles. The Morgan fingerprint density at radius 2 is 2.04 bits per heavy atom. The molecule has 3 N–H and O–H groups in total. The number of hydrogen-bond donors (Lipinski definition) is 2. The summed E-state index contributed by atoms with van der Waals surface area (Å²) in [6.45, 7) is 3.88. The van der Waals surface area contributed by atoms with Crippen LogP contribution in [0.5, 0.6) is 5.75 Å². The van der Waals surface area contributed by atoms with Gasteiger partial charge in [0.2, 0.25) is 0 Å². The van der Waals surface area contributed by atoms with Crippen molar-refractivity contribution in [2.45, 2.75) is 26.0 Å². The predicted octanol–water partition coefficient (Wildman–Crippen LogP) is 2.62. The van der Waals surface area contributed by atoms with Crippen LogP contribution in [0.3, 0.4) is 0 Å². The quantitative estimate of drug-likeness (QED) is 0.553. The number of rotatable bonds is 5. The number of anilines is 1. The SMILES string of the molecule is COc1cc2ncc(-c3cccc(N)n3)n2cc1-c1cnn(CC(C)(C)O)c1. The topological polar surface area (TPSA) is 103 Å². The Labute approximate surface area is 162 Å². The molecule has 0 atom stereocenters. The first-order valence-electron chi connectivity index (χ1n) is 8.87. The van der Waals surface area contributed by atoms with Crippen LogP contribution in [-0.4, -0.2) is 42.0 Å². The Morgan fingerprint density at radius 3 is 2.75 bits per heavy atom. The number of hydrogen-bond acceptors (Lipinski definition) is 6. The van der Waals surface area contributed by atoms with Gasteiger partial charge in [-0.3, -0.25) is 9.08 Å². The van der Waals surface area contributed by atoms with Gasteiger partial charge in [0.25, 0.3) is 0 Å². The molecular formula is C20H22N6O2. The average Bonchev–Trinajstić information content (AvgIpc) is 3.25. The summed E-state index contributed by atoms with van der Waals surface area (Å²) < 4.78 is 9.24. The molecule has 0 aliphatic heterocycles. The third kappa shape index (κ3) is 3.41. The van der Waals surface area contributed by atoms with Crippen molar-refractivity contribution >= 4 is 11.5 Å². The van der Waals surface area contributed by atoms with Crippen LogP contribution in [0.1, 0.15) is 13.8 Å². The molecule has 4 aromatic rings. The van der Waals surface area contributed by atoms with Gasteiger partial charge < -0.3 is 15.6 Å². The van der Waals surface area contributed by atoms with E-state index in [1.807, 2.05) is 35.0 Å². The van der Waals surface area contributed by atoms with Gasteiger partial charge in [-0.25, -0.2) is 9.97 Å². The van der Waals surface area contributed by atoms with Crippen LogP contribution in [-0.2, 0) is 6.54 Å². The molecule has 0 amide bonds. The molecule has 4 aromatic heterocycles. The van der Waals surface area contributed by atoms with Crippen molar-refractivity contribution in [2.75, 3.05) is 12.8 Å². The zero-order valence-electron chi connectivity index (χ0n) is 16.0. The molecule has 4 heterocycles. The van der Waals surface area contributed by atoms with Gasteiger partial charge >= 0.3 is 0 Å². The standard InChI is InChI=1S/C20H22N6O2/c1-20(2,27)12-25-10-13(8-23-25)14-11-26-16(15-5-4-6-18(21)24-15)9-22-19(26)7-17(14)28-3/h4-11,27H,12H2,1-3H3,(H2,21,24). The number of nitrogen functional groups attached to an aromatic ring is 1. The molecule has 0 unspecified atom stereocenters. The lowest BCUT2D eigenvalue weighted by Gasteiger charge is -2.16. The van der Waals surface area contributed by atoms with Gasteiger partial charge in [-0.15, -0.1) is 0 Å². The number of aliphatic hydroxyl groups is 1. The maximum Gasteiger partial charge on any atom is 0.140 e. The minimum atomic E-state index is -0.853. The Hall–Kier alpha value is -3.39. The van der Waals surface area contributed by atoms with E-state index >= 15 is 0 Å². The van der Waals surface area contributed by atoms with Crippen molar-refractivity contribution in [3.05, 3.63) is 49.1 Å². The lowest BCUT2D eigenvalue weighted by atomic mass is 10.1. The van der Waals surface area contributed by atoms with Crippen LogP contribution in [0.4, 0.5) is 5.82 Å². The molecule has 0 aliphatic carbocycles. The number of imidazole rings is 1. The smallest absolute Gasteiger partial charge is 0.140 e. The third-order valence-corrected chi connectivity index (χ3v) is 4.36. The molecule has 0 radical (unpaired) electrons. The van der Waals surface area contributed by atoms with Crippen LogP contribution >= 0.6 is 0 Å². The summed E-state index contributed by atoms with van der Waals surface area (Å²) in [6, 6.07) is 7.38. The Balaban J connectivity index is 1.83. The summed E-state index contributed by atoms with van der Waals surface area (Å²) in [5.41, 5.74) is 9.03. The van der Waals surface area contributed by atoms with E-state index in [4.69, 9.17) is 10.5 Å². The molecule has 0 aliphatic rings. The highest BCUT2D eigenvalue weighted by molar-refractivity contribution is 5.73. The van der Waals surface area contributed by atoms with Crippen molar-refractivity contribution in [3.8, 4) is 28.3 Å². The van der Waals surface area contributed by atoms with Crippen molar-refractivity contribution in [2.24, 2.45) is 0 Å². The Bertz CT molecular complexity index is 1140. The number of methoxy groups -OCH3 is 1. The van der Waals surface area contributed by atoms with E-state index in [9.17, 15) is 5.11 Å². The van der Waals surface area contributed by atoms with E-state index in [1.54, 1.807) is 44.1 Å². The van der Waals surface area contributed by atoms with Crippen molar-refractivity contribution in [1.82, 2.24) is 24.1 Å². The minimum absolute atomic E-state index is 0.390. The van der Waals surface area contributed by atoms with E-state index in [0.717, 1.165) is 28.2 Å². The first kappa shape index (κ1) is 18.0. The maximum absolute atomic E-state index is 10.0. The normalized spacial score (nSPS) is 11.9. The highest BCUT2D eigenvalue weighted by atomic mass is 16.5. The number of pyridine rings is 2. The second-order valence-corrected chi connectivity index (χ2v) is 7.31. The van der Waals surface area contributed by atoms with Crippen molar-refractivity contribution in [3.63, 3.8) is 0 Å². The molecule has 0 saturated heterocycles. The van der Waals surface area contributed by atoms with E-state index < -0.39 is 5.60 Å². The van der Waals surface area contributed by atoms with Crippen LogP contribution < -0.4 is 10.5 Å². The summed E-state index contributed by atoms with van der Waals surface area (Å²) in [6.07, 6.45) is 7.35. The maximum atomic E-state index is 10.0. The summed E-state index contributed by atoms with van der Waals surface area (Å²) in [7, 11) is 1.62. The van der Waals surface area contributed by atoms with Crippen LogP contribution in [0.2, 0.25) is 0 Å². The van der Waals surface area contributed by atoms with Crippen LogP contribution in [0.25, 0.3) is 28.2 Å². The van der Waals surface area contributed by atoms with E-state index in [-0.39, 0.29) is 0 Å². The first-order valence-corrected chi connectivity index (χ1v) is 8.87. The molecule has 4 rings (SSSR count). The largest absolute Gasteiger partial charge is 0.496 e. The van der Waals surface area contributed by atoms with Gasteiger partial charge in [0.05, 0.1) is 43.0 Å². The molecule has 8 heteroatoms. The van der Waals surface area contributed by atoms with E-state index in [1.165, 1.54) is 0 Å². The molecule has 8 nitrogen and oxygen atoms in total. The molecule has 0 aromatic carbocycles. The van der Waals surface area contributed by atoms with E-state index in [0.29, 0.717) is 18.1 Å². The summed E-state index contributed by atoms with van der Waals surface area (Å²) in [5, 5.41) is 14.4. The van der Waals surface area contributed by atoms with Gasteiger partial charge in [-0.1, -0.05) is 6.07 Å². The molecule has 0 bridgehead atoms. The van der Waals surface area contributed by atoms with Crippen LogP contribution in [0.15, 0.2) is 49.1 Å². The first-order chi connectivity index (χ1) is 13.3. The average molecular weight is 378 g/mol. The zero-order chi connectivity index (χ0) is 19.9. The highest BCUT2D eigenvalue weighted by Gasteiger charge is 2.17. The summed E-state index contributed by atoms with van der Waals surface area (Å²) >= 11 is 0. The number of nitrogens with two attached hydrogens (primary N) is 1. The van der Waals surface area contributed by atoms with Gasteiger partial charge in [0.15, 0.2) is 0 Å². The molecule has 144 valence electrons. The van der Waals surface area contributed by atoms with Crippen molar-refractivity contribution < 1.29 is 9.84 Å². The summed E-state index contributed by atoms with van der Waals surface area (Å²) in [5.74, 6) is 1.14. The Kier molecular flexibility index (Phi) is 4.27. The van der Waals surface area contributed by atoms with Gasteiger partial charge in [-0.05, 0) is 26.0 Å². The summed E-state index contributed by atoms with van der Waals surface area (Å²) in [4.78, 5) is 8.87. The molecule has 28 heavy (non-hydrogen) atoms. The molecular weight excluding hydrogens is 356 g/mol. The number of nitrogens with zero attached hydrogens (tertiary/aromatic N) is 5. The molecule has 0 fully saturated rings. The van der Waals surface area contributed by atoms with Gasteiger partial charge in [0.1, 0.15) is 17.2 Å².